The van der Waals surface area contributed by atoms with Gasteiger partial charge in [-0.2, -0.15) is 0 Å². The van der Waals surface area contributed by atoms with Crippen molar-refractivity contribution in [3.05, 3.63) is 66.0 Å². The van der Waals surface area contributed by atoms with Crippen LogP contribution in [-0.2, 0) is 6.42 Å². The van der Waals surface area contributed by atoms with Gasteiger partial charge in [-0.25, -0.2) is 4.98 Å². The van der Waals surface area contributed by atoms with Crippen LogP contribution in [0.25, 0.3) is 11.0 Å². The molecule has 3 aromatic rings. The van der Waals surface area contributed by atoms with Gasteiger partial charge in [0.2, 0.25) is 0 Å². The predicted octanol–water partition coefficient (Wildman–Crippen LogP) is 3.18. The minimum atomic E-state index is 0.471. The summed E-state index contributed by atoms with van der Waals surface area (Å²) in [5.74, 6) is 0. The molecule has 0 fully saturated rings. The first-order valence-electron chi connectivity index (χ1n) is 5.93. The lowest BCUT2D eigenvalue weighted by molar-refractivity contribution is 0.534. The van der Waals surface area contributed by atoms with E-state index < -0.39 is 0 Å². The molecule has 2 aromatic carbocycles. The van der Waals surface area contributed by atoms with Crippen LogP contribution in [0.4, 0.5) is 0 Å². The van der Waals surface area contributed by atoms with Gasteiger partial charge >= 0.3 is 0 Å². The van der Waals surface area contributed by atoms with E-state index in [9.17, 15) is 0 Å². The lowest BCUT2D eigenvalue weighted by Gasteiger charge is -2.31. The highest BCUT2D eigenvalue weighted by Gasteiger charge is 2.27. The maximum Gasteiger partial charge on any atom is 0.0964 e. The first kappa shape index (κ1) is 8.99. The fraction of sp³-hybridized carbons (Fsp3) is 0.133. The van der Waals surface area contributed by atoms with Crippen molar-refractivity contribution >= 4 is 11.0 Å². The molecular formula is C15H12N2. The lowest BCUT2D eigenvalue weighted by atomic mass is 9.83. The quantitative estimate of drug-likeness (QED) is 0.616. The lowest BCUT2D eigenvalue weighted by Crippen LogP contribution is -2.23. The molecule has 17 heavy (non-hydrogen) atoms. The van der Waals surface area contributed by atoms with Crippen LogP contribution < -0.4 is 0 Å². The van der Waals surface area contributed by atoms with Crippen molar-refractivity contribution in [1.82, 2.24) is 9.55 Å². The fourth-order valence-electron chi connectivity index (χ4n) is 2.71. The SMILES string of the molecule is c1ccc2c(c1)CC2n1cnc2ccccc21. The number of fused-ring (bicyclic) bond motifs is 2. The molecule has 0 amide bonds. The Hall–Kier alpha value is -2.09. The van der Waals surface area contributed by atoms with Gasteiger partial charge in [-0.15, -0.1) is 0 Å². The maximum absolute atomic E-state index is 4.46. The minimum Gasteiger partial charge on any atom is -0.323 e. The molecule has 82 valence electrons. The second kappa shape index (κ2) is 3.20. The normalized spacial score (nSPS) is 17.8. The molecular weight excluding hydrogens is 208 g/mol. The van der Waals surface area contributed by atoms with Crippen LogP contribution >= 0.6 is 0 Å². The van der Waals surface area contributed by atoms with E-state index in [2.05, 4.69) is 52.0 Å². The summed E-state index contributed by atoms with van der Waals surface area (Å²) in [6.07, 6.45) is 3.09. The highest BCUT2D eigenvalue weighted by Crippen LogP contribution is 2.37. The van der Waals surface area contributed by atoms with Crippen molar-refractivity contribution in [1.29, 1.82) is 0 Å². The van der Waals surface area contributed by atoms with E-state index in [0.29, 0.717) is 6.04 Å². The predicted molar refractivity (Wildman–Crippen MR) is 68.0 cm³/mol. The Morgan fingerprint density at radius 3 is 2.76 bits per heavy atom. The highest BCUT2D eigenvalue weighted by molar-refractivity contribution is 5.75. The van der Waals surface area contributed by atoms with Gasteiger partial charge in [0.05, 0.1) is 23.4 Å². The largest absolute Gasteiger partial charge is 0.323 e. The zero-order chi connectivity index (χ0) is 11.2. The molecule has 2 heteroatoms. The Labute approximate surface area is 99.5 Å². The van der Waals surface area contributed by atoms with Crippen LogP contribution in [0.3, 0.4) is 0 Å². The third kappa shape index (κ3) is 1.18. The smallest absolute Gasteiger partial charge is 0.0964 e. The number of hydrogen-bond acceptors (Lipinski definition) is 1. The third-order valence-electron chi connectivity index (χ3n) is 3.64. The molecule has 2 nitrogen and oxygen atoms in total. The van der Waals surface area contributed by atoms with Crippen molar-refractivity contribution < 1.29 is 0 Å². The first-order chi connectivity index (χ1) is 8.43. The van der Waals surface area contributed by atoms with Crippen LogP contribution in [-0.4, -0.2) is 9.55 Å². The molecule has 1 aliphatic carbocycles. The number of benzene rings is 2. The molecule has 0 saturated heterocycles. The Bertz CT molecular complexity index is 697. The van der Waals surface area contributed by atoms with Crippen molar-refractivity contribution in [3.8, 4) is 0 Å². The maximum atomic E-state index is 4.46. The van der Waals surface area contributed by atoms with E-state index in [0.717, 1.165) is 11.9 Å². The number of imidazole rings is 1. The van der Waals surface area contributed by atoms with Crippen molar-refractivity contribution in [2.75, 3.05) is 0 Å². The summed E-state index contributed by atoms with van der Waals surface area (Å²) in [7, 11) is 0. The summed E-state index contributed by atoms with van der Waals surface area (Å²) in [6.45, 7) is 0. The van der Waals surface area contributed by atoms with Gasteiger partial charge in [-0.05, 0) is 29.7 Å². The summed E-state index contributed by atoms with van der Waals surface area (Å²) in [5, 5.41) is 0. The van der Waals surface area contributed by atoms with Crippen LogP contribution in [0.2, 0.25) is 0 Å². The molecule has 0 radical (unpaired) electrons. The highest BCUT2D eigenvalue weighted by atomic mass is 15.1. The first-order valence-corrected chi connectivity index (χ1v) is 5.93. The monoisotopic (exact) mass is 220 g/mol. The van der Waals surface area contributed by atoms with E-state index in [1.54, 1.807) is 0 Å². The van der Waals surface area contributed by atoms with Crippen LogP contribution in [0.5, 0.6) is 0 Å². The summed E-state index contributed by atoms with van der Waals surface area (Å²) in [6, 6.07) is 17.5. The Balaban J connectivity index is 1.88. The van der Waals surface area contributed by atoms with E-state index >= 15 is 0 Å². The number of para-hydroxylation sites is 2. The molecule has 1 aliphatic rings. The third-order valence-corrected chi connectivity index (χ3v) is 3.64. The van der Waals surface area contributed by atoms with Gasteiger partial charge < -0.3 is 4.57 Å². The van der Waals surface area contributed by atoms with Gasteiger partial charge in [-0.3, -0.25) is 0 Å². The molecule has 1 unspecified atom stereocenters. The molecule has 1 heterocycles. The molecule has 0 N–H and O–H groups in total. The van der Waals surface area contributed by atoms with Gasteiger partial charge in [0.15, 0.2) is 0 Å². The average Bonchev–Trinajstić information content (AvgIpc) is 2.75. The molecule has 1 atom stereocenters. The van der Waals surface area contributed by atoms with E-state index in [-0.39, 0.29) is 0 Å². The van der Waals surface area contributed by atoms with Gasteiger partial charge in [0.1, 0.15) is 0 Å². The van der Waals surface area contributed by atoms with Crippen LogP contribution in [0, 0.1) is 0 Å². The van der Waals surface area contributed by atoms with E-state index in [1.165, 1.54) is 16.6 Å². The summed E-state index contributed by atoms with van der Waals surface area (Å²) in [4.78, 5) is 4.46. The summed E-state index contributed by atoms with van der Waals surface area (Å²) >= 11 is 0. The minimum absolute atomic E-state index is 0.471. The Morgan fingerprint density at radius 1 is 1.00 bits per heavy atom. The molecule has 4 rings (SSSR count). The van der Waals surface area contributed by atoms with Crippen molar-refractivity contribution in [3.63, 3.8) is 0 Å². The second-order valence-corrected chi connectivity index (χ2v) is 4.56. The fourth-order valence-corrected chi connectivity index (χ4v) is 2.71. The van der Waals surface area contributed by atoms with Crippen LogP contribution in [0.1, 0.15) is 17.2 Å². The number of aromatic nitrogens is 2. The average molecular weight is 220 g/mol. The number of rotatable bonds is 1. The zero-order valence-electron chi connectivity index (χ0n) is 9.38. The van der Waals surface area contributed by atoms with Crippen molar-refractivity contribution in [2.45, 2.75) is 12.5 Å². The molecule has 0 saturated carbocycles. The number of hydrogen-bond donors (Lipinski definition) is 0. The van der Waals surface area contributed by atoms with E-state index in [4.69, 9.17) is 0 Å². The standard InChI is InChI=1S/C15H12N2/c1-2-6-12-11(5-1)9-15(12)17-10-16-13-7-3-4-8-14(13)17/h1-8,10,15H,9H2. The van der Waals surface area contributed by atoms with Gasteiger partial charge in [0, 0.05) is 0 Å². The van der Waals surface area contributed by atoms with Gasteiger partial charge in [0.25, 0.3) is 0 Å². The Kier molecular flexibility index (Phi) is 1.69. The molecule has 0 aliphatic heterocycles. The summed E-state index contributed by atoms with van der Waals surface area (Å²) in [5.41, 5.74) is 5.22. The van der Waals surface area contributed by atoms with E-state index in [1.807, 2.05) is 12.4 Å². The zero-order valence-corrected chi connectivity index (χ0v) is 9.38. The Morgan fingerprint density at radius 2 is 1.82 bits per heavy atom. The van der Waals surface area contributed by atoms with Gasteiger partial charge in [-0.1, -0.05) is 36.4 Å². The summed E-state index contributed by atoms with van der Waals surface area (Å²) < 4.78 is 2.29. The second-order valence-electron chi connectivity index (χ2n) is 4.56. The molecule has 0 spiro atoms. The molecule has 0 bridgehead atoms. The molecule has 1 aromatic heterocycles. The van der Waals surface area contributed by atoms with Crippen LogP contribution in [0.15, 0.2) is 54.9 Å². The topological polar surface area (TPSA) is 17.8 Å². The van der Waals surface area contributed by atoms with Crippen molar-refractivity contribution in [2.24, 2.45) is 0 Å². The number of nitrogens with zero attached hydrogens (tertiary/aromatic N) is 2.